The van der Waals surface area contributed by atoms with E-state index in [0.29, 0.717) is 5.69 Å². The molecule has 0 bridgehead atoms. The third kappa shape index (κ3) is 4.51. The van der Waals surface area contributed by atoms with Crippen LogP contribution in [0.5, 0.6) is 0 Å². The molecule has 0 radical (unpaired) electrons. The molecule has 1 aliphatic carbocycles. The van der Waals surface area contributed by atoms with Crippen LogP contribution in [0.15, 0.2) is 18.3 Å². The molecular weight excluding hydrogens is 214 g/mol. The lowest BCUT2D eigenvalue weighted by atomic mass is 10.2. The normalized spacial score (nSPS) is 14.5. The van der Waals surface area contributed by atoms with Gasteiger partial charge in [0, 0.05) is 25.9 Å². The van der Waals surface area contributed by atoms with E-state index in [1.165, 1.54) is 12.8 Å². The van der Waals surface area contributed by atoms with Crippen molar-refractivity contribution in [3.05, 3.63) is 29.6 Å². The maximum absolute atomic E-state index is 8.71. The summed E-state index contributed by atoms with van der Waals surface area (Å²) in [5.41, 5.74) is 1.55. The number of rotatable bonds is 7. The van der Waals surface area contributed by atoms with E-state index in [-0.39, 0.29) is 0 Å². The van der Waals surface area contributed by atoms with Gasteiger partial charge in [0.2, 0.25) is 0 Å². The maximum Gasteiger partial charge on any atom is 0.140 e. The van der Waals surface area contributed by atoms with Gasteiger partial charge in [-0.2, -0.15) is 5.26 Å². The van der Waals surface area contributed by atoms with Crippen molar-refractivity contribution in [2.24, 2.45) is 5.92 Å². The minimum absolute atomic E-state index is 0.467. The Balaban J connectivity index is 1.58. The van der Waals surface area contributed by atoms with Gasteiger partial charge in [0.15, 0.2) is 0 Å². The van der Waals surface area contributed by atoms with Crippen molar-refractivity contribution in [3.63, 3.8) is 0 Å². The van der Waals surface area contributed by atoms with Crippen LogP contribution in [0.2, 0.25) is 0 Å². The summed E-state index contributed by atoms with van der Waals surface area (Å²) in [6.45, 7) is 3.27. The van der Waals surface area contributed by atoms with Gasteiger partial charge >= 0.3 is 0 Å². The molecule has 1 saturated carbocycles. The summed E-state index contributed by atoms with van der Waals surface area (Å²) in [4.78, 5) is 3.93. The average molecular weight is 231 g/mol. The van der Waals surface area contributed by atoms with E-state index in [4.69, 9.17) is 10.00 Å². The van der Waals surface area contributed by atoms with Gasteiger partial charge in [0.1, 0.15) is 11.8 Å². The van der Waals surface area contributed by atoms with Gasteiger partial charge in [-0.1, -0.05) is 0 Å². The van der Waals surface area contributed by atoms with E-state index in [2.05, 4.69) is 10.3 Å². The molecule has 90 valence electrons. The Bertz CT molecular complexity index is 396. The minimum atomic E-state index is 0.467. The molecule has 0 aromatic carbocycles. The fourth-order valence-electron chi connectivity index (χ4n) is 1.56. The van der Waals surface area contributed by atoms with Crippen molar-refractivity contribution in [2.45, 2.75) is 19.4 Å². The first-order valence-corrected chi connectivity index (χ1v) is 6.02. The van der Waals surface area contributed by atoms with Crippen molar-refractivity contribution in [1.29, 1.82) is 5.26 Å². The molecule has 4 nitrogen and oxygen atoms in total. The van der Waals surface area contributed by atoms with E-state index >= 15 is 0 Å². The van der Waals surface area contributed by atoms with Gasteiger partial charge in [0.05, 0.1) is 6.61 Å². The van der Waals surface area contributed by atoms with Crippen molar-refractivity contribution >= 4 is 0 Å². The highest BCUT2D eigenvalue weighted by Gasteiger charge is 2.20. The van der Waals surface area contributed by atoms with Crippen LogP contribution in [0, 0.1) is 17.2 Å². The van der Waals surface area contributed by atoms with Crippen molar-refractivity contribution < 1.29 is 4.74 Å². The van der Waals surface area contributed by atoms with Crippen LogP contribution in [-0.4, -0.2) is 24.7 Å². The van der Waals surface area contributed by atoms with Crippen molar-refractivity contribution in [2.75, 3.05) is 19.8 Å². The summed E-state index contributed by atoms with van der Waals surface area (Å²) < 4.78 is 5.51. The number of hydrogen-bond acceptors (Lipinski definition) is 4. The van der Waals surface area contributed by atoms with Crippen LogP contribution < -0.4 is 5.32 Å². The molecule has 0 amide bonds. The summed E-state index contributed by atoms with van der Waals surface area (Å²) in [6.07, 6.45) is 4.34. The lowest BCUT2D eigenvalue weighted by Crippen LogP contribution is -2.19. The highest BCUT2D eigenvalue weighted by Crippen LogP contribution is 2.28. The summed E-state index contributed by atoms with van der Waals surface area (Å²) in [6, 6.07) is 5.75. The molecule has 1 aliphatic rings. The molecule has 2 rings (SSSR count). The Morgan fingerprint density at radius 3 is 3.18 bits per heavy atom. The molecule has 0 saturated heterocycles. The quantitative estimate of drug-likeness (QED) is 0.722. The van der Waals surface area contributed by atoms with E-state index in [1.54, 1.807) is 12.3 Å². The number of hydrogen-bond donors (Lipinski definition) is 1. The number of pyridine rings is 1. The molecule has 0 spiro atoms. The van der Waals surface area contributed by atoms with Crippen LogP contribution in [0.4, 0.5) is 0 Å². The first kappa shape index (κ1) is 12.0. The second kappa shape index (κ2) is 6.33. The fraction of sp³-hybridized carbons (Fsp3) is 0.538. The largest absolute Gasteiger partial charge is 0.380 e. The molecule has 1 heterocycles. The third-order valence-corrected chi connectivity index (χ3v) is 2.74. The molecule has 1 aromatic rings. The number of aromatic nitrogens is 1. The number of nitrogens with one attached hydrogen (secondary N) is 1. The number of nitrogens with zero attached hydrogens (tertiary/aromatic N) is 2. The van der Waals surface area contributed by atoms with Crippen LogP contribution in [-0.2, 0) is 11.3 Å². The van der Waals surface area contributed by atoms with Crippen molar-refractivity contribution in [1.82, 2.24) is 10.3 Å². The van der Waals surface area contributed by atoms with E-state index in [1.807, 2.05) is 12.1 Å². The number of ether oxygens (including phenoxy) is 1. The highest BCUT2D eigenvalue weighted by molar-refractivity contribution is 5.25. The Morgan fingerprint density at radius 1 is 1.53 bits per heavy atom. The van der Waals surface area contributed by atoms with Crippen LogP contribution in [0.25, 0.3) is 0 Å². The predicted molar refractivity (Wildman–Crippen MR) is 64.2 cm³/mol. The molecule has 1 aromatic heterocycles. The van der Waals surface area contributed by atoms with Gasteiger partial charge in [-0.25, -0.2) is 4.98 Å². The van der Waals surface area contributed by atoms with Gasteiger partial charge in [0.25, 0.3) is 0 Å². The zero-order valence-corrected chi connectivity index (χ0v) is 9.85. The summed E-state index contributed by atoms with van der Waals surface area (Å²) in [7, 11) is 0. The Hall–Kier alpha value is -1.44. The van der Waals surface area contributed by atoms with Crippen LogP contribution in [0.1, 0.15) is 24.1 Å². The van der Waals surface area contributed by atoms with E-state index < -0.39 is 0 Å². The molecule has 1 fully saturated rings. The fourth-order valence-corrected chi connectivity index (χ4v) is 1.56. The minimum Gasteiger partial charge on any atom is -0.380 e. The zero-order valence-electron chi connectivity index (χ0n) is 9.85. The summed E-state index contributed by atoms with van der Waals surface area (Å²) >= 11 is 0. The molecule has 17 heavy (non-hydrogen) atoms. The highest BCUT2D eigenvalue weighted by atomic mass is 16.5. The first-order valence-electron chi connectivity index (χ1n) is 6.02. The first-order chi connectivity index (χ1) is 8.38. The SMILES string of the molecule is N#Cc1cc(CNCCOCC2CC2)ccn1. The van der Waals surface area contributed by atoms with Gasteiger partial charge in [-0.3, -0.25) is 0 Å². The van der Waals surface area contributed by atoms with Crippen LogP contribution in [0.3, 0.4) is 0 Å². The molecule has 0 unspecified atom stereocenters. The van der Waals surface area contributed by atoms with Gasteiger partial charge in [-0.05, 0) is 36.5 Å². The smallest absolute Gasteiger partial charge is 0.140 e. The topological polar surface area (TPSA) is 57.9 Å². The Labute approximate surface area is 102 Å². The molecule has 1 N–H and O–H groups in total. The predicted octanol–water partition coefficient (Wildman–Crippen LogP) is 1.47. The summed E-state index contributed by atoms with van der Waals surface area (Å²) in [5.74, 6) is 0.827. The Morgan fingerprint density at radius 2 is 2.41 bits per heavy atom. The van der Waals surface area contributed by atoms with E-state index in [0.717, 1.165) is 37.8 Å². The van der Waals surface area contributed by atoms with Gasteiger partial charge < -0.3 is 10.1 Å². The van der Waals surface area contributed by atoms with Crippen LogP contribution >= 0.6 is 0 Å². The average Bonchev–Trinajstić information content (AvgIpc) is 3.18. The second-order valence-electron chi connectivity index (χ2n) is 4.36. The molecule has 0 aliphatic heterocycles. The monoisotopic (exact) mass is 231 g/mol. The lowest BCUT2D eigenvalue weighted by molar-refractivity contribution is 0.126. The molecule has 0 atom stereocenters. The van der Waals surface area contributed by atoms with E-state index in [9.17, 15) is 0 Å². The Kier molecular flexibility index (Phi) is 4.48. The molecular formula is C13H17N3O. The van der Waals surface area contributed by atoms with Crippen molar-refractivity contribution in [3.8, 4) is 6.07 Å². The van der Waals surface area contributed by atoms with Gasteiger partial charge in [-0.15, -0.1) is 0 Å². The molecule has 4 heteroatoms. The summed E-state index contributed by atoms with van der Waals surface area (Å²) in [5, 5.41) is 12.0. The number of nitriles is 1. The zero-order chi connectivity index (χ0) is 11.9. The third-order valence-electron chi connectivity index (χ3n) is 2.74. The maximum atomic E-state index is 8.71. The standard InChI is InChI=1S/C13H17N3O/c14-8-13-7-12(3-4-16-13)9-15-5-6-17-10-11-1-2-11/h3-4,7,11,15H,1-2,5-6,9-10H2. The lowest BCUT2D eigenvalue weighted by Gasteiger charge is -2.05. The second-order valence-corrected chi connectivity index (χ2v) is 4.36.